The fourth-order valence-corrected chi connectivity index (χ4v) is 2.85. The number of hydrogen-bond donors (Lipinski definition) is 0. The van der Waals surface area contributed by atoms with E-state index in [-0.39, 0.29) is 30.3 Å². The normalized spacial score (nSPS) is 23.0. The zero-order valence-electron chi connectivity index (χ0n) is 11.0. The van der Waals surface area contributed by atoms with Gasteiger partial charge >= 0.3 is 5.97 Å². The summed E-state index contributed by atoms with van der Waals surface area (Å²) in [6.07, 6.45) is 4.04. The first-order valence-electron chi connectivity index (χ1n) is 6.21. The van der Waals surface area contributed by atoms with E-state index < -0.39 is 11.4 Å². The number of Topliss-reactive ketones (excluding diaryl/α,β-unsaturated/α-hetero) is 2. The number of allylic oxidation sites excluding steroid dienone is 1. The first-order valence-corrected chi connectivity index (χ1v) is 6.21. The van der Waals surface area contributed by atoms with E-state index >= 15 is 0 Å². The smallest absolute Gasteiger partial charge is 0.319 e. The quantitative estimate of drug-likeness (QED) is 0.427. The summed E-state index contributed by atoms with van der Waals surface area (Å²) in [6.45, 7) is 5.00. The van der Waals surface area contributed by atoms with Crippen LogP contribution in [0.5, 0.6) is 0 Å². The molecule has 0 saturated heterocycles. The van der Waals surface area contributed by atoms with E-state index in [1.807, 2.05) is 0 Å². The molecule has 18 heavy (non-hydrogen) atoms. The lowest BCUT2D eigenvalue weighted by atomic mass is 9.64. The van der Waals surface area contributed by atoms with Crippen LogP contribution in [-0.4, -0.2) is 24.6 Å². The summed E-state index contributed by atoms with van der Waals surface area (Å²) in [4.78, 5) is 35.6. The largest absolute Gasteiger partial charge is 0.468 e. The van der Waals surface area contributed by atoms with Gasteiger partial charge in [0.25, 0.3) is 0 Å². The molecule has 0 spiro atoms. The second-order valence-electron chi connectivity index (χ2n) is 4.84. The molecule has 0 heterocycles. The van der Waals surface area contributed by atoms with Crippen LogP contribution in [-0.2, 0) is 19.1 Å². The number of carbonyl (C=O) groups excluding carboxylic acids is 3. The van der Waals surface area contributed by atoms with Gasteiger partial charge in [-0.2, -0.15) is 0 Å². The molecular weight excluding hydrogens is 232 g/mol. The van der Waals surface area contributed by atoms with Gasteiger partial charge < -0.3 is 4.74 Å². The van der Waals surface area contributed by atoms with E-state index in [4.69, 9.17) is 4.74 Å². The Balaban J connectivity index is 3.15. The summed E-state index contributed by atoms with van der Waals surface area (Å²) in [5.74, 6) is -0.935. The molecule has 1 fully saturated rings. The molecule has 4 nitrogen and oxygen atoms in total. The summed E-state index contributed by atoms with van der Waals surface area (Å²) in [6, 6.07) is 0. The molecular formula is C14H20O4. The fourth-order valence-electron chi connectivity index (χ4n) is 2.85. The second kappa shape index (κ2) is 5.94. The lowest BCUT2D eigenvalue weighted by molar-refractivity contribution is -0.162. The Hall–Kier alpha value is -1.45. The lowest BCUT2D eigenvalue weighted by Crippen LogP contribution is -2.47. The minimum Gasteiger partial charge on any atom is -0.468 e. The van der Waals surface area contributed by atoms with Crippen LogP contribution in [0.15, 0.2) is 12.7 Å². The maximum Gasteiger partial charge on any atom is 0.319 e. The second-order valence-corrected chi connectivity index (χ2v) is 4.84. The van der Waals surface area contributed by atoms with Crippen molar-refractivity contribution >= 4 is 17.5 Å². The maximum absolute atomic E-state index is 12.1. The van der Waals surface area contributed by atoms with E-state index in [9.17, 15) is 14.4 Å². The fraction of sp³-hybridized carbons (Fsp3) is 0.643. The monoisotopic (exact) mass is 252 g/mol. The van der Waals surface area contributed by atoms with Crippen LogP contribution in [0.4, 0.5) is 0 Å². The number of ketones is 2. The molecule has 0 amide bonds. The lowest BCUT2D eigenvalue weighted by Gasteiger charge is -2.37. The highest BCUT2D eigenvalue weighted by molar-refractivity contribution is 6.03. The van der Waals surface area contributed by atoms with Crippen molar-refractivity contribution in [1.82, 2.24) is 0 Å². The zero-order valence-corrected chi connectivity index (χ0v) is 11.0. The Labute approximate surface area is 107 Å². The summed E-state index contributed by atoms with van der Waals surface area (Å²) in [5.41, 5.74) is -1.23. The van der Waals surface area contributed by atoms with Gasteiger partial charge in [-0.15, -0.1) is 6.58 Å². The van der Waals surface area contributed by atoms with Crippen LogP contribution >= 0.6 is 0 Å². The van der Waals surface area contributed by atoms with Gasteiger partial charge in [0.15, 0.2) is 0 Å². The molecule has 0 N–H and O–H groups in total. The predicted molar refractivity (Wildman–Crippen MR) is 66.9 cm³/mol. The highest BCUT2D eigenvalue weighted by Gasteiger charge is 2.50. The minimum atomic E-state index is -1.23. The van der Waals surface area contributed by atoms with Crippen molar-refractivity contribution in [3.8, 4) is 0 Å². The third-order valence-electron chi connectivity index (χ3n) is 3.82. The summed E-state index contributed by atoms with van der Waals surface area (Å²) in [5, 5.41) is 0. The van der Waals surface area contributed by atoms with Crippen molar-refractivity contribution < 1.29 is 19.1 Å². The Morgan fingerprint density at radius 3 is 2.67 bits per heavy atom. The van der Waals surface area contributed by atoms with Crippen LogP contribution in [0.1, 0.15) is 39.0 Å². The van der Waals surface area contributed by atoms with Crippen LogP contribution < -0.4 is 0 Å². The first-order chi connectivity index (χ1) is 8.48. The number of esters is 1. The van der Waals surface area contributed by atoms with Gasteiger partial charge in [-0.05, 0) is 32.1 Å². The van der Waals surface area contributed by atoms with Gasteiger partial charge in [0, 0.05) is 12.8 Å². The van der Waals surface area contributed by atoms with Gasteiger partial charge in [-0.1, -0.05) is 6.08 Å². The third kappa shape index (κ3) is 2.52. The molecule has 1 aliphatic rings. The molecule has 1 rings (SSSR count). The van der Waals surface area contributed by atoms with Gasteiger partial charge in [0.05, 0.1) is 7.11 Å². The van der Waals surface area contributed by atoms with E-state index in [0.717, 1.165) is 6.42 Å². The van der Waals surface area contributed by atoms with Crippen molar-refractivity contribution in [3.63, 3.8) is 0 Å². The van der Waals surface area contributed by atoms with Crippen LogP contribution in [0.25, 0.3) is 0 Å². The van der Waals surface area contributed by atoms with Crippen molar-refractivity contribution in [2.24, 2.45) is 11.3 Å². The Morgan fingerprint density at radius 1 is 1.56 bits per heavy atom. The molecule has 4 heteroatoms. The molecule has 0 aromatic carbocycles. The van der Waals surface area contributed by atoms with Gasteiger partial charge in [0.2, 0.25) is 0 Å². The van der Waals surface area contributed by atoms with E-state index in [1.165, 1.54) is 14.0 Å². The zero-order chi connectivity index (χ0) is 13.8. The molecule has 1 saturated carbocycles. The highest BCUT2D eigenvalue weighted by Crippen LogP contribution is 2.42. The summed E-state index contributed by atoms with van der Waals surface area (Å²) < 4.78 is 4.80. The highest BCUT2D eigenvalue weighted by atomic mass is 16.5. The average Bonchev–Trinajstić information content (AvgIpc) is 2.34. The number of methoxy groups -OCH3 is 1. The van der Waals surface area contributed by atoms with Gasteiger partial charge in [-0.3, -0.25) is 14.4 Å². The standard InChI is InChI=1S/C14H20O4/c1-4-8-14(10(2)15,13(17)18-3)11-6-5-7-12(16)9-11/h4,11H,1,5-9H2,2-3H3/t11-,14+/m1/s1. The predicted octanol–water partition coefficient (Wildman–Crippen LogP) is 2.07. The Kier molecular flexibility index (Phi) is 4.82. The molecule has 0 radical (unpaired) electrons. The Morgan fingerprint density at radius 2 is 2.22 bits per heavy atom. The molecule has 0 unspecified atom stereocenters. The summed E-state index contributed by atoms with van der Waals surface area (Å²) in [7, 11) is 1.27. The first kappa shape index (κ1) is 14.6. The van der Waals surface area contributed by atoms with Crippen molar-refractivity contribution in [2.75, 3.05) is 7.11 Å². The van der Waals surface area contributed by atoms with E-state index in [2.05, 4.69) is 6.58 Å². The summed E-state index contributed by atoms with van der Waals surface area (Å²) >= 11 is 0. The van der Waals surface area contributed by atoms with Crippen molar-refractivity contribution in [3.05, 3.63) is 12.7 Å². The SMILES string of the molecule is C=CC[C@@](C(C)=O)(C(=O)OC)[C@@H]1CCCC(=O)C1. The number of hydrogen-bond acceptors (Lipinski definition) is 4. The molecule has 1 aliphatic carbocycles. The molecule has 2 atom stereocenters. The molecule has 0 aromatic rings. The number of carbonyl (C=O) groups is 3. The number of rotatable bonds is 5. The maximum atomic E-state index is 12.1. The molecule has 0 aromatic heterocycles. The van der Waals surface area contributed by atoms with E-state index in [0.29, 0.717) is 12.8 Å². The van der Waals surface area contributed by atoms with Crippen LogP contribution in [0.3, 0.4) is 0 Å². The van der Waals surface area contributed by atoms with Crippen LogP contribution in [0.2, 0.25) is 0 Å². The molecule has 100 valence electrons. The van der Waals surface area contributed by atoms with Crippen LogP contribution in [0, 0.1) is 11.3 Å². The average molecular weight is 252 g/mol. The topological polar surface area (TPSA) is 60.4 Å². The molecule has 0 bridgehead atoms. The minimum absolute atomic E-state index is 0.116. The Bertz CT molecular complexity index is 372. The van der Waals surface area contributed by atoms with Gasteiger partial charge in [-0.25, -0.2) is 0 Å². The molecule has 0 aliphatic heterocycles. The number of ether oxygens (including phenoxy) is 1. The van der Waals surface area contributed by atoms with E-state index in [1.54, 1.807) is 6.08 Å². The van der Waals surface area contributed by atoms with Gasteiger partial charge in [0.1, 0.15) is 17.0 Å². The van der Waals surface area contributed by atoms with Crippen molar-refractivity contribution in [1.29, 1.82) is 0 Å². The van der Waals surface area contributed by atoms with Crippen molar-refractivity contribution in [2.45, 2.75) is 39.0 Å². The third-order valence-corrected chi connectivity index (χ3v) is 3.82.